The van der Waals surface area contributed by atoms with Gasteiger partial charge >= 0.3 is 0 Å². The Kier molecular flexibility index (Phi) is 3.51. The molecule has 1 fully saturated rings. The van der Waals surface area contributed by atoms with E-state index in [4.69, 9.17) is 20.8 Å². The van der Waals surface area contributed by atoms with Crippen LogP contribution in [-0.4, -0.2) is 42.0 Å². The third-order valence-electron chi connectivity index (χ3n) is 2.52. The van der Waals surface area contributed by atoms with Crippen LogP contribution >= 0.6 is 11.6 Å². The maximum atomic E-state index is 12.0. The Bertz CT molecular complexity index is 352. The smallest absolute Gasteiger partial charge is 0.289 e. The molecule has 4 nitrogen and oxygen atoms in total. The van der Waals surface area contributed by atoms with E-state index in [1.807, 2.05) is 6.92 Å². The Labute approximate surface area is 99.1 Å². The lowest BCUT2D eigenvalue weighted by atomic mass is 10.2. The highest BCUT2D eigenvalue weighted by molar-refractivity contribution is 6.18. The van der Waals surface area contributed by atoms with Gasteiger partial charge in [-0.1, -0.05) is 0 Å². The number of rotatable bonds is 2. The molecule has 2 heterocycles. The van der Waals surface area contributed by atoms with Crippen LogP contribution in [0.1, 0.15) is 17.5 Å². The number of ether oxygens (including phenoxy) is 1. The van der Waals surface area contributed by atoms with Crippen LogP contribution in [-0.2, 0) is 4.74 Å². The van der Waals surface area contributed by atoms with E-state index in [9.17, 15) is 4.79 Å². The van der Waals surface area contributed by atoms with E-state index in [1.54, 1.807) is 17.0 Å². The number of carbonyl (C=O) groups excluding carboxylic acids is 1. The maximum absolute atomic E-state index is 12.0. The predicted octanol–water partition coefficient (Wildman–Crippen LogP) is 1.75. The van der Waals surface area contributed by atoms with Gasteiger partial charge in [-0.25, -0.2) is 0 Å². The molecule has 1 aromatic rings. The molecule has 0 aliphatic carbocycles. The van der Waals surface area contributed by atoms with Gasteiger partial charge in [-0.2, -0.15) is 0 Å². The Morgan fingerprint density at radius 3 is 3.06 bits per heavy atom. The molecular weight excluding hydrogens is 230 g/mol. The van der Waals surface area contributed by atoms with Gasteiger partial charge < -0.3 is 14.1 Å². The van der Waals surface area contributed by atoms with E-state index in [2.05, 4.69) is 0 Å². The van der Waals surface area contributed by atoms with E-state index in [0.717, 1.165) is 0 Å². The fourth-order valence-electron chi connectivity index (χ4n) is 1.85. The highest BCUT2D eigenvalue weighted by Gasteiger charge is 2.29. The van der Waals surface area contributed by atoms with Crippen LogP contribution in [0.3, 0.4) is 0 Å². The molecule has 1 amide bonds. The van der Waals surface area contributed by atoms with Crippen molar-refractivity contribution in [3.63, 3.8) is 0 Å². The summed E-state index contributed by atoms with van der Waals surface area (Å²) in [5.74, 6) is 0.657. The lowest BCUT2D eigenvalue weighted by Crippen LogP contribution is -2.49. The van der Waals surface area contributed by atoms with Gasteiger partial charge in [0.15, 0.2) is 5.76 Å². The molecular formula is C11H14ClNO3. The molecule has 5 heteroatoms. The number of nitrogens with zero attached hydrogens (tertiary/aromatic N) is 1. The summed E-state index contributed by atoms with van der Waals surface area (Å²) < 4.78 is 10.7. The molecule has 2 unspecified atom stereocenters. The molecule has 0 saturated carbocycles. The van der Waals surface area contributed by atoms with Crippen LogP contribution in [0.15, 0.2) is 22.8 Å². The van der Waals surface area contributed by atoms with Crippen molar-refractivity contribution in [1.82, 2.24) is 4.90 Å². The summed E-state index contributed by atoms with van der Waals surface area (Å²) in [5.41, 5.74) is 0. The van der Waals surface area contributed by atoms with Crippen molar-refractivity contribution in [3.05, 3.63) is 24.2 Å². The summed E-state index contributed by atoms with van der Waals surface area (Å²) in [4.78, 5) is 13.7. The van der Waals surface area contributed by atoms with Crippen LogP contribution in [0.2, 0.25) is 0 Å². The van der Waals surface area contributed by atoms with Gasteiger partial charge in [0, 0.05) is 13.1 Å². The molecule has 16 heavy (non-hydrogen) atoms. The van der Waals surface area contributed by atoms with E-state index >= 15 is 0 Å². The normalized spacial score (nSPS) is 25.8. The van der Waals surface area contributed by atoms with Crippen molar-refractivity contribution in [2.45, 2.75) is 19.1 Å². The quantitative estimate of drug-likeness (QED) is 0.744. The first-order chi connectivity index (χ1) is 7.70. The summed E-state index contributed by atoms with van der Waals surface area (Å²) >= 11 is 5.75. The average Bonchev–Trinajstić information content (AvgIpc) is 2.80. The highest BCUT2D eigenvalue weighted by atomic mass is 35.5. The highest BCUT2D eigenvalue weighted by Crippen LogP contribution is 2.15. The number of morpholine rings is 1. The number of alkyl halides is 1. The van der Waals surface area contributed by atoms with E-state index in [0.29, 0.717) is 24.7 Å². The fraction of sp³-hybridized carbons (Fsp3) is 0.545. The van der Waals surface area contributed by atoms with Crippen LogP contribution in [0.5, 0.6) is 0 Å². The number of carbonyl (C=O) groups is 1. The minimum atomic E-state index is -0.102. The van der Waals surface area contributed by atoms with E-state index in [-0.39, 0.29) is 18.1 Å². The molecule has 0 radical (unpaired) electrons. The zero-order chi connectivity index (χ0) is 11.5. The van der Waals surface area contributed by atoms with Crippen molar-refractivity contribution >= 4 is 17.5 Å². The Balaban J connectivity index is 2.06. The zero-order valence-electron chi connectivity index (χ0n) is 9.06. The number of halogens is 1. The number of hydrogen-bond acceptors (Lipinski definition) is 3. The van der Waals surface area contributed by atoms with Crippen LogP contribution < -0.4 is 0 Å². The van der Waals surface area contributed by atoms with Crippen LogP contribution in [0.25, 0.3) is 0 Å². The van der Waals surface area contributed by atoms with E-state index < -0.39 is 0 Å². The minimum Gasteiger partial charge on any atom is -0.459 e. The molecule has 1 aliphatic heterocycles. The van der Waals surface area contributed by atoms with Crippen molar-refractivity contribution in [2.75, 3.05) is 19.0 Å². The molecule has 2 rings (SSSR count). The predicted molar refractivity (Wildman–Crippen MR) is 59.7 cm³/mol. The molecule has 0 N–H and O–H groups in total. The molecule has 0 spiro atoms. The lowest BCUT2D eigenvalue weighted by Gasteiger charge is -2.35. The molecule has 0 bridgehead atoms. The van der Waals surface area contributed by atoms with Gasteiger partial charge in [0.05, 0.1) is 24.4 Å². The zero-order valence-corrected chi connectivity index (χ0v) is 9.81. The van der Waals surface area contributed by atoms with Gasteiger partial charge in [0.25, 0.3) is 5.91 Å². The first kappa shape index (κ1) is 11.5. The monoisotopic (exact) mass is 243 g/mol. The largest absolute Gasteiger partial charge is 0.459 e. The lowest BCUT2D eigenvalue weighted by molar-refractivity contribution is -0.0576. The summed E-state index contributed by atoms with van der Waals surface area (Å²) in [6, 6.07) is 3.37. The number of hydrogen-bond donors (Lipinski definition) is 0. The van der Waals surface area contributed by atoms with Crippen LogP contribution in [0.4, 0.5) is 0 Å². The van der Waals surface area contributed by atoms with Crippen molar-refractivity contribution in [1.29, 1.82) is 0 Å². The standard InChI is InChI=1S/C11H14ClNO3/c1-8-6-13(7-9(5-12)16-8)11(14)10-3-2-4-15-10/h2-4,8-9H,5-7H2,1H3. The Hall–Kier alpha value is -1.00. The molecule has 1 aromatic heterocycles. The van der Waals surface area contributed by atoms with Gasteiger partial charge in [-0.05, 0) is 19.1 Å². The molecule has 88 valence electrons. The van der Waals surface area contributed by atoms with Crippen molar-refractivity contribution in [2.24, 2.45) is 0 Å². The number of amides is 1. The Morgan fingerprint density at radius 1 is 1.62 bits per heavy atom. The van der Waals surface area contributed by atoms with E-state index in [1.165, 1.54) is 6.26 Å². The molecule has 2 atom stereocenters. The summed E-state index contributed by atoms with van der Waals surface area (Å²) in [5, 5.41) is 0. The molecule has 0 aromatic carbocycles. The van der Waals surface area contributed by atoms with Crippen molar-refractivity contribution < 1.29 is 13.9 Å². The third-order valence-corrected chi connectivity index (χ3v) is 2.86. The van der Waals surface area contributed by atoms with Crippen molar-refractivity contribution in [3.8, 4) is 0 Å². The fourth-order valence-corrected chi connectivity index (χ4v) is 2.02. The molecule has 1 aliphatic rings. The van der Waals surface area contributed by atoms with Gasteiger partial charge in [0.2, 0.25) is 0 Å². The number of furan rings is 1. The first-order valence-electron chi connectivity index (χ1n) is 5.25. The second kappa shape index (κ2) is 4.89. The Morgan fingerprint density at radius 2 is 2.44 bits per heavy atom. The first-order valence-corrected chi connectivity index (χ1v) is 5.78. The van der Waals surface area contributed by atoms with Crippen LogP contribution in [0, 0.1) is 0 Å². The minimum absolute atomic E-state index is 0.0106. The SMILES string of the molecule is CC1CN(C(=O)c2ccco2)CC(CCl)O1. The van der Waals surface area contributed by atoms with Gasteiger partial charge in [-0.15, -0.1) is 11.6 Å². The summed E-state index contributed by atoms with van der Waals surface area (Å²) in [6.45, 7) is 3.03. The van der Waals surface area contributed by atoms with Gasteiger partial charge in [0.1, 0.15) is 0 Å². The second-order valence-electron chi connectivity index (χ2n) is 3.91. The topological polar surface area (TPSA) is 42.7 Å². The summed E-state index contributed by atoms with van der Waals surface area (Å²) in [6.07, 6.45) is 1.41. The third kappa shape index (κ3) is 2.39. The summed E-state index contributed by atoms with van der Waals surface area (Å²) in [7, 11) is 0. The average molecular weight is 244 g/mol. The molecule has 1 saturated heterocycles. The maximum Gasteiger partial charge on any atom is 0.289 e. The second-order valence-corrected chi connectivity index (χ2v) is 4.22. The van der Waals surface area contributed by atoms with Gasteiger partial charge in [-0.3, -0.25) is 4.79 Å².